The Labute approximate surface area is 119 Å². The second kappa shape index (κ2) is 5.75. The molecule has 1 saturated heterocycles. The molecular formula is C14H14F3NO3. The highest BCUT2D eigenvalue weighted by Gasteiger charge is 2.37. The lowest BCUT2D eigenvalue weighted by Gasteiger charge is -2.37. The Balaban J connectivity index is 2.36. The lowest BCUT2D eigenvalue weighted by atomic mass is 9.90. The Morgan fingerprint density at radius 1 is 1.24 bits per heavy atom. The quantitative estimate of drug-likeness (QED) is 0.854. The summed E-state index contributed by atoms with van der Waals surface area (Å²) in [5, 5.41) is 9.23. The summed E-state index contributed by atoms with van der Waals surface area (Å²) in [4.78, 5) is 24.7. The lowest BCUT2D eigenvalue weighted by molar-refractivity contribution is -0.145. The van der Waals surface area contributed by atoms with Crippen molar-refractivity contribution in [1.29, 1.82) is 0 Å². The number of nitrogens with zero attached hydrogens (tertiary/aromatic N) is 1. The second-order valence-corrected chi connectivity index (χ2v) is 5.16. The van der Waals surface area contributed by atoms with E-state index in [0.717, 1.165) is 4.90 Å². The number of halogens is 3. The van der Waals surface area contributed by atoms with Gasteiger partial charge in [-0.15, -0.1) is 0 Å². The first kappa shape index (κ1) is 15.3. The van der Waals surface area contributed by atoms with Crippen molar-refractivity contribution in [2.45, 2.75) is 25.8 Å². The number of amides is 1. The number of carbonyl (C=O) groups is 2. The van der Waals surface area contributed by atoms with Gasteiger partial charge in [0.15, 0.2) is 17.5 Å². The van der Waals surface area contributed by atoms with Crippen molar-refractivity contribution in [3.63, 3.8) is 0 Å². The summed E-state index contributed by atoms with van der Waals surface area (Å²) in [6, 6.07) is 0.111. The lowest BCUT2D eigenvalue weighted by Crippen LogP contribution is -2.52. The number of carbonyl (C=O) groups excluding carboxylic acids is 1. The number of piperidine rings is 1. The number of aliphatic carboxylic acids is 1. The van der Waals surface area contributed by atoms with Crippen LogP contribution in [0.3, 0.4) is 0 Å². The van der Waals surface area contributed by atoms with Crippen molar-refractivity contribution in [3.05, 3.63) is 35.1 Å². The summed E-state index contributed by atoms with van der Waals surface area (Å²) in [5.74, 6) is -6.86. The number of benzene rings is 1. The summed E-state index contributed by atoms with van der Waals surface area (Å²) < 4.78 is 39.3. The van der Waals surface area contributed by atoms with Gasteiger partial charge in [0.25, 0.3) is 5.91 Å². The third-order valence-electron chi connectivity index (χ3n) is 3.68. The molecule has 2 atom stereocenters. The molecule has 21 heavy (non-hydrogen) atoms. The standard InChI is InChI=1S/C14H14F3NO3/c1-7-3-2-4-18(12(7)14(20)21)13(19)8-5-9(15)11(17)10(16)6-8/h5-7,12H,2-4H2,1H3,(H,20,21). The van der Waals surface area contributed by atoms with Gasteiger partial charge in [-0.25, -0.2) is 18.0 Å². The number of likely N-dealkylation sites (tertiary alicyclic amines) is 1. The summed E-state index contributed by atoms with van der Waals surface area (Å²) in [6.45, 7) is 1.88. The van der Waals surface area contributed by atoms with Crippen molar-refractivity contribution in [1.82, 2.24) is 4.90 Å². The summed E-state index contributed by atoms with van der Waals surface area (Å²) >= 11 is 0. The molecule has 0 saturated carbocycles. The first-order valence-electron chi connectivity index (χ1n) is 6.51. The molecule has 114 valence electrons. The normalized spacial score (nSPS) is 22.2. The Hall–Kier alpha value is -2.05. The van der Waals surface area contributed by atoms with E-state index in [1.165, 1.54) is 0 Å². The van der Waals surface area contributed by atoms with E-state index in [1.54, 1.807) is 6.92 Å². The maximum Gasteiger partial charge on any atom is 0.326 e. The molecule has 0 bridgehead atoms. The van der Waals surface area contributed by atoms with Gasteiger partial charge in [-0.05, 0) is 30.9 Å². The van der Waals surface area contributed by atoms with E-state index in [-0.39, 0.29) is 12.5 Å². The predicted octanol–water partition coefficient (Wildman–Crippen LogP) is 2.43. The minimum Gasteiger partial charge on any atom is -0.480 e. The van der Waals surface area contributed by atoms with Crippen molar-refractivity contribution >= 4 is 11.9 Å². The maximum atomic E-state index is 13.2. The first-order chi connectivity index (χ1) is 9.82. The topological polar surface area (TPSA) is 57.6 Å². The first-order valence-corrected chi connectivity index (χ1v) is 6.51. The van der Waals surface area contributed by atoms with Crippen LogP contribution in [0.2, 0.25) is 0 Å². The van der Waals surface area contributed by atoms with Crippen LogP contribution in [-0.2, 0) is 4.79 Å². The third-order valence-corrected chi connectivity index (χ3v) is 3.68. The molecule has 1 aromatic carbocycles. The molecule has 4 nitrogen and oxygen atoms in total. The van der Waals surface area contributed by atoms with Crippen LogP contribution in [0, 0.1) is 23.4 Å². The Kier molecular flexibility index (Phi) is 4.20. The zero-order chi connectivity index (χ0) is 15.7. The fourth-order valence-electron chi connectivity index (χ4n) is 2.64. The van der Waals surface area contributed by atoms with E-state index in [4.69, 9.17) is 0 Å². The van der Waals surface area contributed by atoms with Crippen LogP contribution in [0.25, 0.3) is 0 Å². The zero-order valence-corrected chi connectivity index (χ0v) is 11.3. The van der Waals surface area contributed by atoms with Gasteiger partial charge in [0, 0.05) is 12.1 Å². The van der Waals surface area contributed by atoms with E-state index < -0.39 is 40.9 Å². The molecule has 1 N–H and O–H groups in total. The number of carboxylic acid groups (broad SMARTS) is 1. The molecule has 2 rings (SSSR count). The van der Waals surface area contributed by atoms with Crippen LogP contribution >= 0.6 is 0 Å². The smallest absolute Gasteiger partial charge is 0.326 e. The zero-order valence-electron chi connectivity index (χ0n) is 11.3. The van der Waals surface area contributed by atoms with Crippen LogP contribution in [0.4, 0.5) is 13.2 Å². The van der Waals surface area contributed by atoms with E-state index >= 15 is 0 Å². The number of rotatable bonds is 2. The molecule has 0 aromatic heterocycles. The number of hydrogen-bond acceptors (Lipinski definition) is 2. The number of hydrogen-bond donors (Lipinski definition) is 1. The van der Waals surface area contributed by atoms with Gasteiger partial charge in [-0.1, -0.05) is 6.92 Å². The molecule has 7 heteroatoms. The van der Waals surface area contributed by atoms with Crippen molar-refractivity contribution in [2.75, 3.05) is 6.54 Å². The van der Waals surface area contributed by atoms with Gasteiger partial charge in [-0.3, -0.25) is 4.79 Å². The van der Waals surface area contributed by atoms with Crippen LogP contribution in [0.1, 0.15) is 30.1 Å². The summed E-state index contributed by atoms with van der Waals surface area (Å²) in [5.41, 5.74) is -0.397. The highest BCUT2D eigenvalue weighted by atomic mass is 19.2. The third kappa shape index (κ3) is 2.86. The molecule has 0 radical (unpaired) electrons. The Morgan fingerprint density at radius 3 is 2.33 bits per heavy atom. The molecule has 1 aliphatic rings. The van der Waals surface area contributed by atoms with Gasteiger partial charge in [0.05, 0.1) is 0 Å². The summed E-state index contributed by atoms with van der Waals surface area (Å²) in [6.07, 6.45) is 1.25. The highest BCUT2D eigenvalue weighted by Crippen LogP contribution is 2.26. The molecule has 1 aromatic rings. The van der Waals surface area contributed by atoms with Gasteiger partial charge in [0.2, 0.25) is 0 Å². The molecule has 1 amide bonds. The van der Waals surface area contributed by atoms with E-state index in [1.807, 2.05) is 0 Å². The summed E-state index contributed by atoms with van der Waals surface area (Å²) in [7, 11) is 0. The van der Waals surface area contributed by atoms with Gasteiger partial charge >= 0.3 is 5.97 Å². The molecule has 2 unspecified atom stereocenters. The molecular weight excluding hydrogens is 287 g/mol. The average Bonchev–Trinajstić information content (AvgIpc) is 2.42. The van der Waals surface area contributed by atoms with Gasteiger partial charge in [-0.2, -0.15) is 0 Å². The average molecular weight is 301 g/mol. The fourth-order valence-corrected chi connectivity index (χ4v) is 2.64. The van der Waals surface area contributed by atoms with E-state index in [0.29, 0.717) is 25.0 Å². The monoisotopic (exact) mass is 301 g/mol. The number of carboxylic acids is 1. The van der Waals surface area contributed by atoms with Crippen LogP contribution in [0.15, 0.2) is 12.1 Å². The molecule has 0 spiro atoms. The fraction of sp³-hybridized carbons (Fsp3) is 0.429. The van der Waals surface area contributed by atoms with Crippen LogP contribution < -0.4 is 0 Å². The molecule has 1 aliphatic heterocycles. The molecule has 0 aliphatic carbocycles. The van der Waals surface area contributed by atoms with Crippen LogP contribution in [0.5, 0.6) is 0 Å². The van der Waals surface area contributed by atoms with Crippen molar-refractivity contribution < 1.29 is 27.9 Å². The van der Waals surface area contributed by atoms with Gasteiger partial charge < -0.3 is 10.0 Å². The van der Waals surface area contributed by atoms with E-state index in [2.05, 4.69) is 0 Å². The minimum absolute atomic E-state index is 0.181. The van der Waals surface area contributed by atoms with Crippen molar-refractivity contribution in [2.24, 2.45) is 5.92 Å². The van der Waals surface area contributed by atoms with Crippen LogP contribution in [-0.4, -0.2) is 34.5 Å². The largest absolute Gasteiger partial charge is 0.480 e. The Morgan fingerprint density at radius 2 is 1.81 bits per heavy atom. The molecule has 1 heterocycles. The SMILES string of the molecule is CC1CCCN(C(=O)c2cc(F)c(F)c(F)c2)C1C(=O)O. The Bertz CT molecular complexity index is 568. The highest BCUT2D eigenvalue weighted by molar-refractivity contribution is 5.96. The van der Waals surface area contributed by atoms with E-state index in [9.17, 15) is 27.9 Å². The predicted molar refractivity (Wildman–Crippen MR) is 67.2 cm³/mol. The second-order valence-electron chi connectivity index (χ2n) is 5.16. The maximum absolute atomic E-state index is 13.2. The minimum atomic E-state index is -1.66. The molecule has 1 fully saturated rings. The van der Waals surface area contributed by atoms with Crippen molar-refractivity contribution in [3.8, 4) is 0 Å². The van der Waals surface area contributed by atoms with Gasteiger partial charge in [0.1, 0.15) is 6.04 Å².